The van der Waals surface area contributed by atoms with Gasteiger partial charge in [-0.2, -0.15) is 4.98 Å². The van der Waals surface area contributed by atoms with Gasteiger partial charge in [-0.25, -0.2) is 9.97 Å². The highest BCUT2D eigenvalue weighted by Crippen LogP contribution is 2.32. The van der Waals surface area contributed by atoms with E-state index in [1.807, 2.05) is 12.1 Å². The minimum atomic E-state index is -0.272. The molecule has 0 radical (unpaired) electrons. The summed E-state index contributed by atoms with van der Waals surface area (Å²) < 4.78 is 1.70. The minimum absolute atomic E-state index is 0.0260. The van der Waals surface area contributed by atoms with Gasteiger partial charge in [0.2, 0.25) is 5.95 Å². The molecular formula is C25H29N7O3. The Hall–Kier alpha value is -3.66. The number of hydrogen-bond donors (Lipinski definition) is 2. The molecule has 1 saturated carbocycles. The predicted molar refractivity (Wildman–Crippen MR) is 134 cm³/mol. The number of rotatable bonds is 6. The van der Waals surface area contributed by atoms with E-state index in [1.54, 1.807) is 23.9 Å². The van der Waals surface area contributed by atoms with Crippen molar-refractivity contribution >= 4 is 40.6 Å². The lowest BCUT2D eigenvalue weighted by Gasteiger charge is -2.32. The topological polar surface area (TPSA) is 122 Å². The Kier molecular flexibility index (Phi) is 6.29. The van der Waals surface area contributed by atoms with Gasteiger partial charge in [0.05, 0.1) is 23.5 Å². The van der Waals surface area contributed by atoms with Gasteiger partial charge >= 0.3 is 0 Å². The second-order valence-corrected chi connectivity index (χ2v) is 9.27. The van der Waals surface area contributed by atoms with Crippen molar-refractivity contribution in [3.05, 3.63) is 46.0 Å². The molecule has 0 spiro atoms. The van der Waals surface area contributed by atoms with Crippen molar-refractivity contribution in [3.8, 4) is 0 Å². The molecule has 1 aliphatic carbocycles. The second-order valence-electron chi connectivity index (χ2n) is 9.27. The maximum atomic E-state index is 13.4. The van der Waals surface area contributed by atoms with Crippen LogP contribution in [0.15, 0.2) is 29.3 Å². The summed E-state index contributed by atoms with van der Waals surface area (Å²) >= 11 is 0. The Morgan fingerprint density at radius 1 is 1.20 bits per heavy atom. The average molecular weight is 476 g/mol. The van der Waals surface area contributed by atoms with Crippen LogP contribution in [0.2, 0.25) is 0 Å². The summed E-state index contributed by atoms with van der Waals surface area (Å²) in [5.74, 6) is 0.667. The number of hydrogen-bond acceptors (Lipinski definition) is 9. The molecule has 5 rings (SSSR count). The van der Waals surface area contributed by atoms with Crippen LogP contribution in [-0.2, 0) is 4.79 Å². The van der Waals surface area contributed by atoms with E-state index < -0.39 is 0 Å². The van der Waals surface area contributed by atoms with Crippen molar-refractivity contribution in [3.63, 3.8) is 0 Å². The molecule has 0 amide bonds. The number of carbonyl (C=O) groups is 2. The molecule has 1 aliphatic heterocycles. The molecule has 1 saturated heterocycles. The number of nitrogens with zero attached hydrogens (tertiary/aromatic N) is 5. The van der Waals surface area contributed by atoms with E-state index in [-0.39, 0.29) is 29.0 Å². The molecule has 10 nitrogen and oxygen atoms in total. The zero-order chi connectivity index (χ0) is 24.5. The van der Waals surface area contributed by atoms with E-state index in [0.717, 1.165) is 50.7 Å². The van der Waals surface area contributed by atoms with Crippen molar-refractivity contribution in [2.24, 2.45) is 0 Å². The number of carbonyl (C=O) groups excluding carboxylic acids is 2. The zero-order valence-electron chi connectivity index (χ0n) is 20.0. The number of nitrogens with one attached hydrogen (secondary N) is 2. The zero-order valence-corrected chi connectivity index (χ0v) is 20.0. The lowest BCUT2D eigenvalue weighted by atomic mass is 10.0. The van der Waals surface area contributed by atoms with Gasteiger partial charge in [-0.3, -0.25) is 14.2 Å². The third kappa shape index (κ3) is 4.41. The van der Waals surface area contributed by atoms with Crippen LogP contribution in [0, 0.1) is 6.92 Å². The lowest BCUT2D eigenvalue weighted by Crippen LogP contribution is -2.51. The Balaban J connectivity index is 1.47. The van der Waals surface area contributed by atoms with Crippen molar-refractivity contribution in [1.29, 1.82) is 0 Å². The number of piperazine rings is 1. The molecule has 35 heavy (non-hydrogen) atoms. The third-order valence-electron chi connectivity index (χ3n) is 6.97. The molecule has 182 valence electrons. The van der Waals surface area contributed by atoms with Gasteiger partial charge in [-0.05, 0) is 44.4 Å². The molecule has 0 aromatic carbocycles. The summed E-state index contributed by atoms with van der Waals surface area (Å²) in [5.41, 5.74) is 2.04. The Morgan fingerprint density at radius 3 is 2.69 bits per heavy atom. The first-order valence-electron chi connectivity index (χ1n) is 12.1. The van der Waals surface area contributed by atoms with Gasteiger partial charge in [0.15, 0.2) is 5.78 Å². The maximum absolute atomic E-state index is 13.4. The van der Waals surface area contributed by atoms with Crippen LogP contribution in [0.3, 0.4) is 0 Å². The molecule has 1 unspecified atom stereocenters. The van der Waals surface area contributed by atoms with E-state index in [2.05, 4.69) is 25.5 Å². The fourth-order valence-electron chi connectivity index (χ4n) is 5.17. The van der Waals surface area contributed by atoms with E-state index >= 15 is 0 Å². The van der Waals surface area contributed by atoms with Gasteiger partial charge in [0, 0.05) is 37.3 Å². The number of Topliss-reactive ketones (excluding diaryl/α,β-unsaturated/α-hetero) is 1. The Labute approximate surface area is 202 Å². The van der Waals surface area contributed by atoms with Crippen LogP contribution in [0.25, 0.3) is 11.0 Å². The highest BCUT2D eigenvalue weighted by atomic mass is 16.1. The molecule has 3 aromatic rings. The molecular weight excluding hydrogens is 446 g/mol. The quantitative estimate of drug-likeness (QED) is 0.409. The van der Waals surface area contributed by atoms with E-state index in [4.69, 9.17) is 4.98 Å². The second kappa shape index (κ2) is 9.53. The molecule has 2 aliphatic rings. The predicted octanol–water partition coefficient (Wildman–Crippen LogP) is 2.53. The van der Waals surface area contributed by atoms with E-state index in [1.165, 1.54) is 6.92 Å². The highest BCUT2D eigenvalue weighted by Gasteiger charge is 2.26. The third-order valence-corrected chi connectivity index (χ3v) is 6.97. The van der Waals surface area contributed by atoms with Gasteiger partial charge in [0.25, 0.3) is 5.56 Å². The highest BCUT2D eigenvalue weighted by molar-refractivity contribution is 5.99. The van der Waals surface area contributed by atoms with Crippen molar-refractivity contribution in [2.75, 3.05) is 29.9 Å². The summed E-state index contributed by atoms with van der Waals surface area (Å²) in [6.07, 6.45) is 8.24. The molecule has 2 N–H and O–H groups in total. The van der Waals surface area contributed by atoms with Crippen LogP contribution < -0.4 is 21.1 Å². The van der Waals surface area contributed by atoms with Crippen molar-refractivity contribution in [1.82, 2.24) is 24.8 Å². The molecule has 3 aromatic heterocycles. The molecule has 10 heteroatoms. The first-order chi connectivity index (χ1) is 17.0. The minimum Gasteiger partial charge on any atom is -0.367 e. The molecule has 0 bridgehead atoms. The van der Waals surface area contributed by atoms with E-state index in [9.17, 15) is 14.4 Å². The normalized spacial score (nSPS) is 18.7. The first kappa shape index (κ1) is 23.1. The number of fused-ring (bicyclic) bond motifs is 1. The number of ketones is 1. The SMILES string of the molecule is CC(=O)c1c(C)c2cnc(Nc3ccc(N4CCNC(C=O)C4)cn3)nc2n(C2CCCC2)c1=O. The smallest absolute Gasteiger partial charge is 0.263 e. The maximum Gasteiger partial charge on any atom is 0.263 e. The van der Waals surface area contributed by atoms with Crippen molar-refractivity contribution < 1.29 is 9.59 Å². The summed E-state index contributed by atoms with van der Waals surface area (Å²) in [5, 5.41) is 7.01. The fourth-order valence-corrected chi connectivity index (χ4v) is 5.17. The van der Waals surface area contributed by atoms with Crippen molar-refractivity contribution in [2.45, 2.75) is 51.6 Å². The summed E-state index contributed by atoms with van der Waals surface area (Å²) in [7, 11) is 0. The van der Waals surface area contributed by atoms with Crippen LogP contribution in [0.1, 0.15) is 54.6 Å². The fraction of sp³-hybridized carbons (Fsp3) is 0.440. The van der Waals surface area contributed by atoms with Crippen LogP contribution in [0.5, 0.6) is 0 Å². The summed E-state index contributed by atoms with van der Waals surface area (Å²) in [6.45, 7) is 5.35. The lowest BCUT2D eigenvalue weighted by molar-refractivity contribution is -0.109. The van der Waals surface area contributed by atoms with Gasteiger partial charge < -0.3 is 20.3 Å². The Bertz CT molecular complexity index is 1330. The number of aromatic nitrogens is 4. The van der Waals surface area contributed by atoms with E-state index in [0.29, 0.717) is 34.9 Å². The van der Waals surface area contributed by atoms with Gasteiger partial charge in [-0.15, -0.1) is 0 Å². The van der Waals surface area contributed by atoms with Crippen LogP contribution in [0.4, 0.5) is 17.5 Å². The standard InChI is InChI=1S/C25H29N7O3/c1-15-20-12-28-25(29-21-8-7-19(11-27-21)31-10-9-26-17(13-31)14-33)30-23(20)32(18-5-3-4-6-18)24(35)22(15)16(2)34/h7-8,11-12,14,17-18,26H,3-6,9-10,13H2,1-2H3,(H,27,28,29,30). The van der Waals surface area contributed by atoms with Crippen LogP contribution >= 0.6 is 0 Å². The van der Waals surface area contributed by atoms with Gasteiger partial charge in [0.1, 0.15) is 17.8 Å². The molecule has 4 heterocycles. The average Bonchev–Trinajstić information content (AvgIpc) is 3.39. The molecule has 2 fully saturated rings. The summed E-state index contributed by atoms with van der Waals surface area (Å²) in [6, 6.07) is 3.63. The number of aldehydes is 1. The van der Waals surface area contributed by atoms with Crippen LogP contribution in [-0.4, -0.2) is 57.3 Å². The number of pyridine rings is 2. The largest absolute Gasteiger partial charge is 0.367 e. The molecule has 1 atom stereocenters. The number of anilines is 3. The number of aryl methyl sites for hydroxylation is 1. The Morgan fingerprint density at radius 2 is 2.00 bits per heavy atom. The summed E-state index contributed by atoms with van der Waals surface area (Å²) in [4.78, 5) is 52.5. The monoisotopic (exact) mass is 475 g/mol. The van der Waals surface area contributed by atoms with Gasteiger partial charge in [-0.1, -0.05) is 12.8 Å². The first-order valence-corrected chi connectivity index (χ1v) is 12.1.